The van der Waals surface area contributed by atoms with Gasteiger partial charge in [0.05, 0.1) is 9.77 Å². The molecule has 0 saturated carbocycles. The number of halogens is 1. The first-order valence-electron chi connectivity index (χ1n) is 3.39. The lowest BCUT2D eigenvalue weighted by Gasteiger charge is -1.90. The Bertz CT molecular complexity index is 355. The third-order valence-corrected chi connectivity index (χ3v) is 2.82. The van der Waals surface area contributed by atoms with Crippen LogP contribution in [-0.2, 0) is 0 Å². The highest BCUT2D eigenvalue weighted by atomic mass is 127. The van der Waals surface area contributed by atoms with Crippen LogP contribution in [0.2, 0.25) is 0 Å². The molecule has 0 aliphatic rings. The molecule has 0 radical (unpaired) electrons. The van der Waals surface area contributed by atoms with Gasteiger partial charge < -0.3 is 0 Å². The van der Waals surface area contributed by atoms with Gasteiger partial charge in [-0.15, -0.1) is 11.3 Å². The maximum absolute atomic E-state index is 4.22. The molecule has 3 nitrogen and oxygen atoms in total. The average molecular weight is 291 g/mol. The Balaban J connectivity index is 2.43. The molecule has 0 fully saturated rings. The second-order valence-corrected chi connectivity index (χ2v) is 4.82. The highest BCUT2D eigenvalue weighted by Crippen LogP contribution is 2.16. The van der Waals surface area contributed by atoms with E-state index in [0.29, 0.717) is 0 Å². The van der Waals surface area contributed by atoms with Crippen molar-refractivity contribution in [3.8, 4) is 5.13 Å². The molecule has 2 aromatic heterocycles. The standard InChI is InChI=1S/C7H6IN3S/c1-5-2-9-7(12-5)11-4-6(8)3-10-11/h2-4H,1H3. The van der Waals surface area contributed by atoms with E-state index in [1.54, 1.807) is 16.0 Å². The van der Waals surface area contributed by atoms with Crippen LogP contribution in [0.4, 0.5) is 0 Å². The van der Waals surface area contributed by atoms with Gasteiger partial charge in [-0.2, -0.15) is 5.10 Å². The van der Waals surface area contributed by atoms with E-state index in [1.807, 2.05) is 25.5 Å². The van der Waals surface area contributed by atoms with Gasteiger partial charge >= 0.3 is 0 Å². The number of thiazole rings is 1. The maximum Gasteiger partial charge on any atom is 0.210 e. The van der Waals surface area contributed by atoms with Crippen LogP contribution < -0.4 is 0 Å². The molecular formula is C7H6IN3S. The van der Waals surface area contributed by atoms with Crippen LogP contribution in [0.5, 0.6) is 0 Å². The Hall–Kier alpha value is -0.430. The zero-order valence-electron chi connectivity index (χ0n) is 6.36. The van der Waals surface area contributed by atoms with Gasteiger partial charge in [0.1, 0.15) is 0 Å². The quantitative estimate of drug-likeness (QED) is 0.754. The molecule has 0 bridgehead atoms. The van der Waals surface area contributed by atoms with Crippen LogP contribution in [0.3, 0.4) is 0 Å². The summed E-state index contributed by atoms with van der Waals surface area (Å²) >= 11 is 3.87. The molecular weight excluding hydrogens is 285 g/mol. The van der Waals surface area contributed by atoms with Crippen LogP contribution in [0, 0.1) is 10.5 Å². The monoisotopic (exact) mass is 291 g/mol. The summed E-state index contributed by atoms with van der Waals surface area (Å²) in [5.41, 5.74) is 0. The predicted octanol–water partition coefficient (Wildman–Crippen LogP) is 2.24. The molecule has 0 aliphatic carbocycles. The fourth-order valence-corrected chi connectivity index (χ4v) is 1.93. The van der Waals surface area contributed by atoms with E-state index in [1.165, 1.54) is 4.88 Å². The molecule has 2 heterocycles. The number of hydrogen-bond acceptors (Lipinski definition) is 3. The first-order valence-corrected chi connectivity index (χ1v) is 5.28. The molecule has 0 amide bonds. The molecule has 62 valence electrons. The third-order valence-electron chi connectivity index (χ3n) is 1.36. The number of aryl methyl sites for hydroxylation is 1. The zero-order chi connectivity index (χ0) is 8.55. The van der Waals surface area contributed by atoms with Crippen LogP contribution in [0.25, 0.3) is 5.13 Å². The van der Waals surface area contributed by atoms with Crippen molar-refractivity contribution in [2.45, 2.75) is 6.92 Å². The number of aromatic nitrogens is 3. The lowest BCUT2D eigenvalue weighted by Crippen LogP contribution is -1.91. The summed E-state index contributed by atoms with van der Waals surface area (Å²) in [4.78, 5) is 5.42. The highest BCUT2D eigenvalue weighted by molar-refractivity contribution is 14.1. The summed E-state index contributed by atoms with van der Waals surface area (Å²) in [7, 11) is 0. The fourth-order valence-electron chi connectivity index (χ4n) is 0.854. The molecule has 0 N–H and O–H groups in total. The van der Waals surface area contributed by atoms with Crippen molar-refractivity contribution in [3.05, 3.63) is 27.0 Å². The van der Waals surface area contributed by atoms with Gasteiger partial charge in [-0.05, 0) is 29.5 Å². The molecule has 2 aromatic rings. The Morgan fingerprint density at radius 2 is 2.33 bits per heavy atom. The van der Waals surface area contributed by atoms with Crippen molar-refractivity contribution >= 4 is 33.9 Å². The molecule has 0 aromatic carbocycles. The van der Waals surface area contributed by atoms with E-state index >= 15 is 0 Å². The van der Waals surface area contributed by atoms with E-state index < -0.39 is 0 Å². The normalized spacial score (nSPS) is 10.5. The van der Waals surface area contributed by atoms with Crippen molar-refractivity contribution in [2.24, 2.45) is 0 Å². The topological polar surface area (TPSA) is 30.7 Å². The Kier molecular flexibility index (Phi) is 2.14. The van der Waals surface area contributed by atoms with Gasteiger partial charge in [0, 0.05) is 17.3 Å². The second-order valence-electron chi connectivity index (χ2n) is 2.36. The molecule has 2 rings (SSSR count). The summed E-state index contributed by atoms with van der Waals surface area (Å²) in [6.45, 7) is 2.04. The first-order chi connectivity index (χ1) is 5.75. The lowest BCUT2D eigenvalue weighted by atomic mass is 10.7. The first kappa shape index (κ1) is 8.18. The summed E-state index contributed by atoms with van der Waals surface area (Å²) < 4.78 is 2.92. The number of rotatable bonds is 1. The van der Waals surface area contributed by atoms with Crippen LogP contribution in [0.15, 0.2) is 18.6 Å². The summed E-state index contributed by atoms with van der Waals surface area (Å²) in [5, 5.41) is 5.08. The molecule has 0 saturated heterocycles. The Morgan fingerprint density at radius 3 is 2.83 bits per heavy atom. The van der Waals surface area contributed by atoms with E-state index in [2.05, 4.69) is 32.7 Å². The minimum Gasteiger partial charge on any atom is -0.227 e. The third kappa shape index (κ3) is 1.51. The Morgan fingerprint density at radius 1 is 1.50 bits per heavy atom. The van der Waals surface area contributed by atoms with E-state index in [-0.39, 0.29) is 0 Å². The van der Waals surface area contributed by atoms with Crippen molar-refractivity contribution in [2.75, 3.05) is 0 Å². The zero-order valence-corrected chi connectivity index (χ0v) is 9.33. The molecule has 0 unspecified atom stereocenters. The number of hydrogen-bond donors (Lipinski definition) is 0. The molecule has 0 spiro atoms. The summed E-state index contributed by atoms with van der Waals surface area (Å²) in [6.07, 6.45) is 5.63. The van der Waals surface area contributed by atoms with Gasteiger partial charge in [0.2, 0.25) is 5.13 Å². The fraction of sp³-hybridized carbons (Fsp3) is 0.143. The van der Waals surface area contributed by atoms with E-state index in [9.17, 15) is 0 Å². The van der Waals surface area contributed by atoms with Gasteiger partial charge in [0.25, 0.3) is 0 Å². The summed E-state index contributed by atoms with van der Waals surface area (Å²) in [6, 6.07) is 0. The minimum absolute atomic E-state index is 0.926. The van der Waals surface area contributed by atoms with E-state index in [0.717, 1.165) is 8.70 Å². The minimum atomic E-state index is 0.926. The largest absolute Gasteiger partial charge is 0.227 e. The maximum atomic E-state index is 4.22. The highest BCUT2D eigenvalue weighted by Gasteiger charge is 2.01. The van der Waals surface area contributed by atoms with E-state index in [4.69, 9.17) is 0 Å². The van der Waals surface area contributed by atoms with Crippen LogP contribution in [-0.4, -0.2) is 14.8 Å². The second kappa shape index (κ2) is 3.14. The molecule has 12 heavy (non-hydrogen) atoms. The lowest BCUT2D eigenvalue weighted by molar-refractivity contribution is 0.869. The SMILES string of the molecule is Cc1cnc(-n2cc(I)cn2)s1. The van der Waals surface area contributed by atoms with Crippen molar-refractivity contribution in [1.29, 1.82) is 0 Å². The van der Waals surface area contributed by atoms with Gasteiger partial charge in [-0.25, -0.2) is 9.67 Å². The average Bonchev–Trinajstić information content (AvgIpc) is 2.58. The molecule has 5 heteroatoms. The van der Waals surface area contributed by atoms with Crippen LogP contribution >= 0.6 is 33.9 Å². The van der Waals surface area contributed by atoms with Gasteiger partial charge in [0.15, 0.2) is 0 Å². The summed E-state index contributed by atoms with van der Waals surface area (Å²) in [5.74, 6) is 0. The Labute approximate surface area is 87.6 Å². The predicted molar refractivity (Wildman–Crippen MR) is 56.7 cm³/mol. The smallest absolute Gasteiger partial charge is 0.210 e. The van der Waals surface area contributed by atoms with Gasteiger partial charge in [-0.3, -0.25) is 0 Å². The number of nitrogens with zero attached hydrogens (tertiary/aromatic N) is 3. The van der Waals surface area contributed by atoms with Crippen LogP contribution in [0.1, 0.15) is 4.88 Å². The molecule has 0 atom stereocenters. The molecule has 0 aliphatic heterocycles. The van der Waals surface area contributed by atoms with Crippen molar-refractivity contribution < 1.29 is 0 Å². The van der Waals surface area contributed by atoms with Crippen molar-refractivity contribution in [3.63, 3.8) is 0 Å². The van der Waals surface area contributed by atoms with Crippen molar-refractivity contribution in [1.82, 2.24) is 14.8 Å². The van der Waals surface area contributed by atoms with Gasteiger partial charge in [-0.1, -0.05) is 0 Å².